The Labute approximate surface area is 219 Å². The highest BCUT2D eigenvalue weighted by Gasteiger charge is 2.16. The van der Waals surface area contributed by atoms with Gasteiger partial charge in [-0.15, -0.1) is 0 Å². The largest absolute Gasteiger partial charge is 0.497 e. The van der Waals surface area contributed by atoms with E-state index < -0.39 is 0 Å². The molecule has 8 nitrogen and oxygen atoms in total. The van der Waals surface area contributed by atoms with Crippen LogP contribution in [0.15, 0.2) is 61.2 Å². The number of aryl methyl sites for hydroxylation is 1. The van der Waals surface area contributed by atoms with E-state index in [0.717, 1.165) is 52.2 Å². The molecule has 0 radical (unpaired) electrons. The van der Waals surface area contributed by atoms with Crippen LogP contribution < -0.4 is 4.74 Å². The van der Waals surface area contributed by atoms with Crippen molar-refractivity contribution in [3.8, 4) is 16.9 Å². The molecule has 194 valence electrons. The van der Waals surface area contributed by atoms with Crippen LogP contribution in [0, 0.1) is 12.3 Å². The first-order valence-electron chi connectivity index (χ1n) is 12.2. The van der Waals surface area contributed by atoms with Gasteiger partial charge in [-0.1, -0.05) is 6.07 Å². The maximum atomic E-state index is 12.3. The molecule has 0 unspecified atom stereocenters. The number of hydrogen-bond acceptors (Lipinski definition) is 7. The number of methoxy groups -OCH3 is 1. The lowest BCUT2D eigenvalue weighted by Crippen LogP contribution is -2.22. The third kappa shape index (κ3) is 7.72. The molecule has 0 saturated heterocycles. The van der Waals surface area contributed by atoms with Gasteiger partial charge in [0, 0.05) is 81.4 Å². The first-order valence-corrected chi connectivity index (χ1v) is 12.2. The lowest BCUT2D eigenvalue weighted by atomic mass is 9.90. The summed E-state index contributed by atoms with van der Waals surface area (Å²) in [5.74, 6) is 0.783. The van der Waals surface area contributed by atoms with Crippen LogP contribution >= 0.6 is 0 Å². The van der Waals surface area contributed by atoms with E-state index in [2.05, 4.69) is 20.9 Å². The summed E-state index contributed by atoms with van der Waals surface area (Å²) in [6, 6.07) is 11.8. The Morgan fingerprint density at radius 2 is 1.81 bits per heavy atom. The number of aldehydes is 1. The van der Waals surface area contributed by atoms with Gasteiger partial charge < -0.3 is 19.4 Å². The number of hydrogen-bond donors (Lipinski definition) is 1. The number of likely N-dealkylation sites (N-methyl/N-ethyl adjacent to an activating group) is 1. The fraction of sp³-hybridized carbons (Fsp3) is 0.310. The maximum Gasteiger partial charge on any atom is 0.150 e. The quantitative estimate of drug-likeness (QED) is 0.212. The number of nitrogens with zero attached hydrogens (tertiary/aromatic N) is 5. The molecule has 3 aromatic rings. The molecule has 0 amide bonds. The van der Waals surface area contributed by atoms with Gasteiger partial charge in [0.1, 0.15) is 12.0 Å². The Kier molecular flexibility index (Phi) is 9.92. The topological polar surface area (TPSA) is 85.7 Å². The second kappa shape index (κ2) is 13.3. The summed E-state index contributed by atoms with van der Waals surface area (Å²) in [6.45, 7) is 3.86. The summed E-state index contributed by atoms with van der Waals surface area (Å²) in [7, 11) is 7.56. The van der Waals surface area contributed by atoms with E-state index in [1.54, 1.807) is 24.4 Å². The predicted molar refractivity (Wildman–Crippen MR) is 148 cm³/mol. The molecule has 37 heavy (non-hydrogen) atoms. The molecule has 0 saturated carbocycles. The Morgan fingerprint density at radius 3 is 2.49 bits per heavy atom. The molecular formula is C29H36N6O2. The lowest BCUT2D eigenvalue weighted by Gasteiger charge is -2.21. The van der Waals surface area contributed by atoms with Crippen molar-refractivity contribution in [3.05, 3.63) is 89.3 Å². The molecule has 8 heteroatoms. The number of ether oxygens (including phenoxy) is 1. The number of nitrogens with one attached hydrogen (secondary N) is 1. The summed E-state index contributed by atoms with van der Waals surface area (Å²) in [4.78, 5) is 27.1. The summed E-state index contributed by atoms with van der Waals surface area (Å²) in [5, 5.41) is 7.81. The Hall–Kier alpha value is -4.04. The van der Waals surface area contributed by atoms with Gasteiger partial charge in [-0.25, -0.2) is 0 Å². The van der Waals surface area contributed by atoms with Crippen LogP contribution in [0.5, 0.6) is 5.75 Å². The van der Waals surface area contributed by atoms with Crippen LogP contribution in [0.2, 0.25) is 0 Å². The maximum absolute atomic E-state index is 12.3. The molecule has 0 fully saturated rings. The van der Waals surface area contributed by atoms with Crippen LogP contribution in [-0.2, 0) is 19.5 Å². The van der Waals surface area contributed by atoms with Crippen LogP contribution in [0.25, 0.3) is 11.1 Å². The van der Waals surface area contributed by atoms with E-state index in [-0.39, 0.29) is 0 Å². The molecule has 3 rings (SSSR count). The molecule has 2 aromatic heterocycles. The zero-order valence-electron chi connectivity index (χ0n) is 22.3. The van der Waals surface area contributed by atoms with Gasteiger partial charge >= 0.3 is 0 Å². The normalized spacial score (nSPS) is 11.1. The standard InChI is InChI=1S/C29H36N6O2/c1-22-27(7-6-10-31-22)29-16-23(18-35(21-30)14-13-33(2)3)15-24(20-36)28(29)9-12-34(4)19-25-17-26(37-5)8-11-32-25/h6-8,10-11,13-17,20-21,30H,9,12,18-19H2,1-5H3/b14-13-,30-21?. The first kappa shape index (κ1) is 27.5. The van der Waals surface area contributed by atoms with E-state index in [1.807, 2.05) is 75.7 Å². The lowest BCUT2D eigenvalue weighted by molar-refractivity contribution is 0.112. The summed E-state index contributed by atoms with van der Waals surface area (Å²) < 4.78 is 5.32. The smallest absolute Gasteiger partial charge is 0.150 e. The highest BCUT2D eigenvalue weighted by Crippen LogP contribution is 2.30. The van der Waals surface area contributed by atoms with Crippen molar-refractivity contribution in [3.63, 3.8) is 0 Å². The van der Waals surface area contributed by atoms with Crippen molar-refractivity contribution < 1.29 is 9.53 Å². The predicted octanol–water partition coefficient (Wildman–Crippen LogP) is 4.39. The van der Waals surface area contributed by atoms with E-state index >= 15 is 0 Å². The van der Waals surface area contributed by atoms with Crippen LogP contribution in [0.4, 0.5) is 0 Å². The minimum Gasteiger partial charge on any atom is -0.497 e. The van der Waals surface area contributed by atoms with E-state index in [4.69, 9.17) is 10.1 Å². The molecule has 1 N–H and O–H groups in total. The van der Waals surface area contributed by atoms with Crippen molar-refractivity contribution in [2.75, 3.05) is 34.8 Å². The molecule has 0 spiro atoms. The summed E-state index contributed by atoms with van der Waals surface area (Å²) in [5.41, 5.74) is 6.43. The minimum atomic E-state index is 0.475. The molecule has 0 aliphatic carbocycles. The number of aromatic nitrogens is 2. The highest BCUT2D eigenvalue weighted by atomic mass is 16.5. The summed E-state index contributed by atoms with van der Waals surface area (Å²) >= 11 is 0. The Morgan fingerprint density at radius 1 is 1.00 bits per heavy atom. The zero-order valence-corrected chi connectivity index (χ0v) is 22.3. The van der Waals surface area contributed by atoms with E-state index in [9.17, 15) is 4.79 Å². The molecule has 0 atom stereocenters. The molecule has 1 aromatic carbocycles. The molecule has 0 aliphatic rings. The van der Waals surface area contributed by atoms with Crippen LogP contribution in [0.3, 0.4) is 0 Å². The van der Waals surface area contributed by atoms with Gasteiger partial charge in [-0.3, -0.25) is 20.2 Å². The van der Waals surface area contributed by atoms with Crippen molar-refractivity contribution in [2.24, 2.45) is 0 Å². The summed E-state index contributed by atoms with van der Waals surface area (Å²) in [6.07, 6.45) is 10.2. The third-order valence-corrected chi connectivity index (χ3v) is 6.05. The zero-order chi connectivity index (χ0) is 26.8. The third-order valence-electron chi connectivity index (χ3n) is 6.05. The molecule has 2 heterocycles. The van der Waals surface area contributed by atoms with E-state index in [1.165, 1.54) is 6.34 Å². The number of rotatable bonds is 13. The number of benzene rings is 1. The first-order chi connectivity index (χ1) is 17.8. The Balaban J connectivity index is 1.92. The van der Waals surface area contributed by atoms with Gasteiger partial charge in [0.25, 0.3) is 0 Å². The molecule has 0 bridgehead atoms. The van der Waals surface area contributed by atoms with Gasteiger partial charge in [0.05, 0.1) is 19.1 Å². The monoisotopic (exact) mass is 500 g/mol. The van der Waals surface area contributed by atoms with Crippen molar-refractivity contribution in [1.82, 2.24) is 24.7 Å². The van der Waals surface area contributed by atoms with E-state index in [0.29, 0.717) is 25.1 Å². The van der Waals surface area contributed by atoms with Gasteiger partial charge in [-0.2, -0.15) is 0 Å². The van der Waals surface area contributed by atoms with Crippen LogP contribution in [0.1, 0.15) is 32.9 Å². The number of pyridine rings is 2. The SMILES string of the molecule is COc1ccnc(CN(C)CCc2c(C=O)cc(CN(C=N)/C=C\N(C)C)cc2-c2cccnc2C)c1. The van der Waals surface area contributed by atoms with Crippen molar-refractivity contribution in [1.29, 1.82) is 5.41 Å². The fourth-order valence-corrected chi connectivity index (χ4v) is 4.14. The van der Waals surface area contributed by atoms with Gasteiger partial charge in [0.15, 0.2) is 0 Å². The van der Waals surface area contributed by atoms with Crippen molar-refractivity contribution >= 4 is 12.6 Å². The number of carbonyl (C=O) groups excluding carboxylic acids is 1. The van der Waals surface area contributed by atoms with Crippen molar-refractivity contribution in [2.45, 2.75) is 26.4 Å². The van der Waals surface area contributed by atoms with Gasteiger partial charge in [0.2, 0.25) is 0 Å². The number of carbonyl (C=O) groups is 1. The minimum absolute atomic E-state index is 0.475. The van der Waals surface area contributed by atoms with Gasteiger partial charge in [-0.05, 0) is 61.3 Å². The second-order valence-electron chi connectivity index (χ2n) is 9.20. The Bertz CT molecular complexity index is 1240. The average molecular weight is 501 g/mol. The van der Waals surface area contributed by atoms with Crippen LogP contribution in [-0.4, -0.2) is 72.1 Å². The second-order valence-corrected chi connectivity index (χ2v) is 9.20. The average Bonchev–Trinajstić information content (AvgIpc) is 2.90. The molecule has 0 aliphatic heterocycles. The fourth-order valence-electron chi connectivity index (χ4n) is 4.14. The molecular weight excluding hydrogens is 464 g/mol. The highest BCUT2D eigenvalue weighted by molar-refractivity contribution is 5.84.